The number of halogens is 1. The molecule has 3 rings (SSSR count). The van der Waals surface area contributed by atoms with E-state index < -0.39 is 12.1 Å². The van der Waals surface area contributed by atoms with Crippen LogP contribution in [0.2, 0.25) is 5.02 Å². The Kier molecular flexibility index (Phi) is 7.13. The molecular weight excluding hydrogens is 404 g/mol. The molecule has 1 fully saturated rings. The number of benzene rings is 2. The minimum Gasteiger partial charge on any atom is -0.354 e. The van der Waals surface area contributed by atoms with Crippen LogP contribution in [0.3, 0.4) is 0 Å². The van der Waals surface area contributed by atoms with Crippen LogP contribution in [0.25, 0.3) is 0 Å². The summed E-state index contributed by atoms with van der Waals surface area (Å²) in [6.07, 6.45) is 1.25. The zero-order valence-electron chi connectivity index (χ0n) is 16.7. The standard InChI is InChI=1S/C21H25ClN6O2/c1-2-3-18(27-21(30)26-16-6-4-14(22)5-7-16)19(29)25-15-8-10-17(11-9-15)28-13-12-24-20(28)23/h4-11,18H,2-3,12-13H2,1H3,(H2,23,24)(H,25,29)(H2,26,27,30)/t18-/m1/s1. The molecule has 0 aromatic heterocycles. The number of carbonyl (C=O) groups excluding carboxylic acids is 2. The third kappa shape index (κ3) is 5.64. The van der Waals surface area contributed by atoms with Gasteiger partial charge in [-0.3, -0.25) is 10.2 Å². The molecule has 9 heteroatoms. The monoisotopic (exact) mass is 428 g/mol. The number of amides is 3. The Morgan fingerprint density at radius 1 is 1.10 bits per heavy atom. The fraction of sp³-hybridized carbons (Fsp3) is 0.286. The number of rotatable bonds is 7. The first kappa shape index (κ1) is 21.4. The van der Waals surface area contributed by atoms with Crippen molar-refractivity contribution < 1.29 is 9.59 Å². The molecule has 3 amide bonds. The Morgan fingerprint density at radius 2 is 1.73 bits per heavy atom. The van der Waals surface area contributed by atoms with E-state index in [0.29, 0.717) is 28.8 Å². The molecule has 0 saturated carbocycles. The van der Waals surface area contributed by atoms with Gasteiger partial charge in [-0.2, -0.15) is 0 Å². The first-order valence-electron chi connectivity index (χ1n) is 9.80. The Hall–Kier alpha value is -3.26. The average molecular weight is 429 g/mol. The van der Waals surface area contributed by atoms with Crippen LogP contribution < -0.4 is 26.2 Å². The number of hydrogen-bond acceptors (Lipinski definition) is 3. The van der Waals surface area contributed by atoms with Crippen molar-refractivity contribution in [1.29, 1.82) is 5.41 Å². The second-order valence-electron chi connectivity index (χ2n) is 6.91. The van der Waals surface area contributed by atoms with Crippen molar-refractivity contribution in [1.82, 2.24) is 10.6 Å². The first-order valence-corrected chi connectivity index (χ1v) is 10.2. The van der Waals surface area contributed by atoms with Crippen molar-refractivity contribution in [2.45, 2.75) is 25.8 Å². The van der Waals surface area contributed by atoms with Gasteiger partial charge in [-0.1, -0.05) is 24.9 Å². The van der Waals surface area contributed by atoms with Crippen molar-refractivity contribution in [2.75, 3.05) is 28.6 Å². The summed E-state index contributed by atoms with van der Waals surface area (Å²) in [5, 5.41) is 19.7. The van der Waals surface area contributed by atoms with Crippen molar-refractivity contribution in [2.24, 2.45) is 0 Å². The van der Waals surface area contributed by atoms with Crippen LogP contribution >= 0.6 is 11.6 Å². The summed E-state index contributed by atoms with van der Waals surface area (Å²) >= 11 is 5.85. The van der Waals surface area contributed by atoms with E-state index >= 15 is 0 Å². The quantitative estimate of drug-likeness (QED) is 0.464. The van der Waals surface area contributed by atoms with E-state index in [2.05, 4.69) is 21.3 Å². The van der Waals surface area contributed by atoms with E-state index in [0.717, 1.165) is 25.2 Å². The van der Waals surface area contributed by atoms with Crippen molar-refractivity contribution >= 4 is 46.6 Å². The van der Waals surface area contributed by atoms with Gasteiger partial charge >= 0.3 is 6.03 Å². The van der Waals surface area contributed by atoms with Gasteiger partial charge in [0.2, 0.25) is 5.91 Å². The molecule has 8 nitrogen and oxygen atoms in total. The molecule has 2 aromatic rings. The average Bonchev–Trinajstić information content (AvgIpc) is 3.16. The van der Waals surface area contributed by atoms with Gasteiger partial charge in [-0.25, -0.2) is 4.79 Å². The van der Waals surface area contributed by atoms with Crippen LogP contribution in [0, 0.1) is 5.41 Å². The van der Waals surface area contributed by atoms with E-state index in [1.807, 2.05) is 24.0 Å². The predicted molar refractivity (Wildman–Crippen MR) is 120 cm³/mol. The first-order chi connectivity index (χ1) is 14.5. The van der Waals surface area contributed by atoms with Crippen LogP contribution in [0.15, 0.2) is 48.5 Å². The van der Waals surface area contributed by atoms with Gasteiger partial charge in [0.25, 0.3) is 0 Å². The molecule has 30 heavy (non-hydrogen) atoms. The number of urea groups is 1. The lowest BCUT2D eigenvalue weighted by atomic mass is 10.1. The molecule has 1 aliphatic heterocycles. The van der Waals surface area contributed by atoms with E-state index in [4.69, 9.17) is 17.0 Å². The van der Waals surface area contributed by atoms with E-state index in [-0.39, 0.29) is 5.91 Å². The van der Waals surface area contributed by atoms with E-state index in [1.165, 1.54) is 0 Å². The molecular formula is C21H25ClN6O2. The highest BCUT2D eigenvalue weighted by molar-refractivity contribution is 6.30. The summed E-state index contributed by atoms with van der Waals surface area (Å²) in [5.41, 5.74) is 2.10. The number of carbonyl (C=O) groups is 2. The van der Waals surface area contributed by atoms with Crippen LogP contribution in [-0.2, 0) is 4.79 Å². The normalized spacial score (nSPS) is 14.1. The number of hydrogen-bond donors (Lipinski definition) is 5. The summed E-state index contributed by atoms with van der Waals surface area (Å²) < 4.78 is 0. The Morgan fingerprint density at radius 3 is 2.33 bits per heavy atom. The summed E-state index contributed by atoms with van der Waals surface area (Å²) in [6.45, 7) is 3.42. The van der Waals surface area contributed by atoms with Crippen LogP contribution in [0.4, 0.5) is 21.9 Å². The molecule has 1 heterocycles. The van der Waals surface area contributed by atoms with Crippen LogP contribution in [0.1, 0.15) is 19.8 Å². The highest BCUT2D eigenvalue weighted by Gasteiger charge is 2.21. The molecule has 0 unspecified atom stereocenters. The minimum absolute atomic E-state index is 0.286. The lowest BCUT2D eigenvalue weighted by molar-refractivity contribution is -0.118. The van der Waals surface area contributed by atoms with E-state index in [9.17, 15) is 9.59 Å². The van der Waals surface area contributed by atoms with Crippen molar-refractivity contribution in [3.8, 4) is 0 Å². The van der Waals surface area contributed by atoms with Crippen molar-refractivity contribution in [3.63, 3.8) is 0 Å². The zero-order chi connectivity index (χ0) is 21.5. The summed E-state index contributed by atoms with van der Waals surface area (Å²) in [5.74, 6) is 0.0807. The molecule has 5 N–H and O–H groups in total. The largest absolute Gasteiger partial charge is 0.354 e. The zero-order valence-corrected chi connectivity index (χ0v) is 17.4. The van der Waals surface area contributed by atoms with Gasteiger partial charge in [0.1, 0.15) is 6.04 Å². The van der Waals surface area contributed by atoms with Crippen LogP contribution in [0.5, 0.6) is 0 Å². The molecule has 1 aliphatic rings. The molecule has 0 aliphatic carbocycles. The summed E-state index contributed by atoms with van der Waals surface area (Å²) in [7, 11) is 0. The molecule has 1 atom stereocenters. The fourth-order valence-corrected chi connectivity index (χ4v) is 3.25. The maximum Gasteiger partial charge on any atom is 0.319 e. The number of anilines is 3. The highest BCUT2D eigenvalue weighted by atomic mass is 35.5. The number of guanidine groups is 1. The Labute approximate surface area is 180 Å². The fourth-order valence-electron chi connectivity index (χ4n) is 3.12. The summed E-state index contributed by atoms with van der Waals surface area (Å²) in [4.78, 5) is 26.9. The van der Waals surface area contributed by atoms with Gasteiger partial charge in [0.05, 0.1) is 0 Å². The second-order valence-corrected chi connectivity index (χ2v) is 7.35. The van der Waals surface area contributed by atoms with Crippen molar-refractivity contribution in [3.05, 3.63) is 53.6 Å². The van der Waals surface area contributed by atoms with Gasteiger partial charge in [-0.15, -0.1) is 0 Å². The van der Waals surface area contributed by atoms with Gasteiger partial charge in [-0.05, 0) is 55.0 Å². The van der Waals surface area contributed by atoms with Gasteiger partial charge in [0, 0.05) is 35.2 Å². The topological polar surface area (TPSA) is 109 Å². The van der Waals surface area contributed by atoms with Gasteiger partial charge in [0.15, 0.2) is 5.96 Å². The molecule has 2 aromatic carbocycles. The smallest absolute Gasteiger partial charge is 0.319 e. The van der Waals surface area contributed by atoms with E-state index in [1.54, 1.807) is 36.4 Å². The third-order valence-corrected chi connectivity index (χ3v) is 4.90. The SMILES string of the molecule is CCC[C@@H](NC(=O)Nc1ccc(Cl)cc1)C(=O)Nc1ccc(N2CCNC2=N)cc1. The number of nitrogens with one attached hydrogen (secondary N) is 5. The minimum atomic E-state index is -0.669. The molecule has 0 radical (unpaired) electrons. The molecule has 0 spiro atoms. The molecule has 158 valence electrons. The highest BCUT2D eigenvalue weighted by Crippen LogP contribution is 2.19. The predicted octanol–water partition coefficient (Wildman–Crippen LogP) is 3.61. The molecule has 0 bridgehead atoms. The Bertz CT molecular complexity index is 901. The lowest BCUT2D eigenvalue weighted by Crippen LogP contribution is -2.45. The second kappa shape index (κ2) is 9.98. The molecule has 1 saturated heterocycles. The Balaban J connectivity index is 1.58. The lowest BCUT2D eigenvalue weighted by Gasteiger charge is -2.19. The third-order valence-electron chi connectivity index (χ3n) is 4.65. The summed E-state index contributed by atoms with van der Waals surface area (Å²) in [6, 6.07) is 12.9. The number of nitrogens with zero attached hydrogens (tertiary/aromatic N) is 1. The maximum absolute atomic E-state index is 12.7. The maximum atomic E-state index is 12.7. The van der Waals surface area contributed by atoms with Crippen LogP contribution in [-0.4, -0.2) is 37.0 Å². The van der Waals surface area contributed by atoms with Gasteiger partial charge < -0.3 is 26.2 Å².